The molecule has 3 heterocycles. The molecule has 21 heavy (non-hydrogen) atoms. The SMILES string of the molecule is CCn1nc(-c2ccsc2)cc1C(=O)N1CCC(C)CC1. The Balaban J connectivity index is 1.85. The maximum atomic E-state index is 12.7. The van der Waals surface area contributed by atoms with Crippen molar-refractivity contribution in [3.8, 4) is 11.3 Å². The summed E-state index contributed by atoms with van der Waals surface area (Å²) in [6.45, 7) is 6.73. The molecule has 4 nitrogen and oxygen atoms in total. The van der Waals surface area contributed by atoms with Gasteiger partial charge in [0.05, 0.1) is 5.69 Å². The number of aromatic nitrogens is 2. The van der Waals surface area contributed by atoms with Gasteiger partial charge in [-0.05, 0) is 43.2 Å². The van der Waals surface area contributed by atoms with Crippen molar-refractivity contribution in [3.05, 3.63) is 28.6 Å². The molecule has 2 aromatic heterocycles. The van der Waals surface area contributed by atoms with E-state index in [-0.39, 0.29) is 5.91 Å². The number of carbonyl (C=O) groups is 1. The van der Waals surface area contributed by atoms with Crippen LogP contribution >= 0.6 is 11.3 Å². The number of piperidine rings is 1. The van der Waals surface area contributed by atoms with Crippen LogP contribution in [0.15, 0.2) is 22.9 Å². The first-order valence-corrected chi connectivity index (χ1v) is 8.53. The van der Waals surface area contributed by atoms with Crippen LogP contribution in [-0.4, -0.2) is 33.7 Å². The third-order valence-electron chi connectivity index (χ3n) is 4.19. The Labute approximate surface area is 129 Å². The van der Waals surface area contributed by atoms with Gasteiger partial charge in [0.1, 0.15) is 5.69 Å². The van der Waals surface area contributed by atoms with Gasteiger partial charge in [0.15, 0.2) is 0 Å². The minimum Gasteiger partial charge on any atom is -0.337 e. The van der Waals surface area contributed by atoms with Crippen LogP contribution in [-0.2, 0) is 6.54 Å². The van der Waals surface area contributed by atoms with E-state index in [0.717, 1.165) is 49.7 Å². The summed E-state index contributed by atoms with van der Waals surface area (Å²) in [7, 11) is 0. The van der Waals surface area contributed by atoms with Crippen LogP contribution in [0.5, 0.6) is 0 Å². The Hall–Kier alpha value is -1.62. The van der Waals surface area contributed by atoms with E-state index >= 15 is 0 Å². The van der Waals surface area contributed by atoms with Gasteiger partial charge in [0.2, 0.25) is 0 Å². The van der Waals surface area contributed by atoms with Crippen molar-refractivity contribution in [2.24, 2.45) is 5.92 Å². The molecule has 1 aliphatic heterocycles. The lowest BCUT2D eigenvalue weighted by atomic mass is 9.99. The zero-order valence-corrected chi connectivity index (χ0v) is 13.4. The normalized spacial score (nSPS) is 16.4. The summed E-state index contributed by atoms with van der Waals surface area (Å²) in [6.07, 6.45) is 2.20. The van der Waals surface area contributed by atoms with E-state index in [1.807, 2.05) is 34.0 Å². The van der Waals surface area contributed by atoms with Gasteiger partial charge in [-0.2, -0.15) is 16.4 Å². The number of aryl methyl sites for hydroxylation is 1. The second kappa shape index (κ2) is 6.02. The van der Waals surface area contributed by atoms with Gasteiger partial charge in [-0.3, -0.25) is 9.48 Å². The fraction of sp³-hybridized carbons (Fsp3) is 0.500. The summed E-state index contributed by atoms with van der Waals surface area (Å²) < 4.78 is 1.83. The van der Waals surface area contributed by atoms with E-state index in [0.29, 0.717) is 5.69 Å². The Morgan fingerprint density at radius 2 is 2.19 bits per heavy atom. The number of hydrogen-bond donors (Lipinski definition) is 0. The minimum absolute atomic E-state index is 0.123. The molecule has 0 spiro atoms. The van der Waals surface area contributed by atoms with E-state index in [1.54, 1.807) is 11.3 Å². The van der Waals surface area contributed by atoms with Gasteiger partial charge in [-0.25, -0.2) is 0 Å². The van der Waals surface area contributed by atoms with E-state index in [9.17, 15) is 4.79 Å². The molecule has 1 amide bonds. The maximum Gasteiger partial charge on any atom is 0.272 e. The molecule has 1 fully saturated rings. The van der Waals surface area contributed by atoms with Crippen LogP contribution in [0, 0.1) is 5.92 Å². The standard InChI is InChI=1S/C16H21N3OS/c1-3-19-15(10-14(17-19)13-6-9-21-11-13)16(20)18-7-4-12(2)5-8-18/h6,9-12H,3-5,7-8H2,1-2H3. The summed E-state index contributed by atoms with van der Waals surface area (Å²) in [6, 6.07) is 3.98. The lowest BCUT2D eigenvalue weighted by Crippen LogP contribution is -2.38. The van der Waals surface area contributed by atoms with Crippen LogP contribution in [0.2, 0.25) is 0 Å². The average Bonchev–Trinajstić information content (AvgIpc) is 3.16. The van der Waals surface area contributed by atoms with Gasteiger partial charge < -0.3 is 4.90 Å². The zero-order chi connectivity index (χ0) is 14.8. The number of carbonyl (C=O) groups excluding carboxylic acids is 1. The van der Waals surface area contributed by atoms with Gasteiger partial charge in [0.25, 0.3) is 5.91 Å². The molecular formula is C16H21N3OS. The second-order valence-corrected chi connectivity index (χ2v) is 6.50. The van der Waals surface area contributed by atoms with Gasteiger partial charge >= 0.3 is 0 Å². The highest BCUT2D eigenvalue weighted by Gasteiger charge is 2.24. The molecule has 0 radical (unpaired) electrons. The van der Waals surface area contributed by atoms with Crippen LogP contribution in [0.25, 0.3) is 11.3 Å². The summed E-state index contributed by atoms with van der Waals surface area (Å²) in [5.41, 5.74) is 2.70. The average molecular weight is 303 g/mol. The van der Waals surface area contributed by atoms with Crippen molar-refractivity contribution >= 4 is 17.2 Å². The van der Waals surface area contributed by atoms with E-state index in [1.165, 1.54) is 0 Å². The van der Waals surface area contributed by atoms with Crippen molar-refractivity contribution in [2.75, 3.05) is 13.1 Å². The number of nitrogens with zero attached hydrogens (tertiary/aromatic N) is 3. The lowest BCUT2D eigenvalue weighted by Gasteiger charge is -2.30. The smallest absolute Gasteiger partial charge is 0.272 e. The fourth-order valence-corrected chi connectivity index (χ4v) is 3.40. The topological polar surface area (TPSA) is 38.1 Å². The summed E-state index contributed by atoms with van der Waals surface area (Å²) in [5.74, 6) is 0.851. The highest BCUT2D eigenvalue weighted by Crippen LogP contribution is 2.24. The molecule has 0 N–H and O–H groups in total. The number of thiophene rings is 1. The van der Waals surface area contributed by atoms with E-state index in [2.05, 4.69) is 17.4 Å². The third-order valence-corrected chi connectivity index (χ3v) is 4.87. The molecule has 3 rings (SSSR count). The number of hydrogen-bond acceptors (Lipinski definition) is 3. The van der Waals surface area contributed by atoms with Crippen molar-refractivity contribution in [2.45, 2.75) is 33.2 Å². The first-order valence-electron chi connectivity index (χ1n) is 7.58. The van der Waals surface area contributed by atoms with Crippen LogP contribution in [0.1, 0.15) is 37.2 Å². The lowest BCUT2D eigenvalue weighted by molar-refractivity contribution is 0.0684. The number of rotatable bonds is 3. The number of amides is 1. The first-order chi connectivity index (χ1) is 10.2. The molecular weight excluding hydrogens is 282 g/mol. The van der Waals surface area contributed by atoms with Gasteiger partial charge in [0, 0.05) is 30.6 Å². The number of likely N-dealkylation sites (tertiary alicyclic amines) is 1. The predicted molar refractivity (Wildman–Crippen MR) is 85.5 cm³/mol. The molecule has 0 unspecified atom stereocenters. The van der Waals surface area contributed by atoms with Crippen molar-refractivity contribution < 1.29 is 4.79 Å². The van der Waals surface area contributed by atoms with Crippen LogP contribution in [0.3, 0.4) is 0 Å². The summed E-state index contributed by atoms with van der Waals surface area (Å²) in [5, 5.41) is 8.68. The van der Waals surface area contributed by atoms with E-state index < -0.39 is 0 Å². The fourth-order valence-electron chi connectivity index (χ4n) is 2.75. The summed E-state index contributed by atoms with van der Waals surface area (Å²) >= 11 is 1.65. The monoisotopic (exact) mass is 303 g/mol. The third kappa shape index (κ3) is 2.88. The van der Waals surface area contributed by atoms with E-state index in [4.69, 9.17) is 0 Å². The Bertz CT molecular complexity index is 610. The molecule has 2 aromatic rings. The largest absolute Gasteiger partial charge is 0.337 e. The minimum atomic E-state index is 0.123. The second-order valence-electron chi connectivity index (χ2n) is 5.72. The molecule has 0 aliphatic carbocycles. The predicted octanol–water partition coefficient (Wildman–Crippen LogP) is 3.50. The summed E-state index contributed by atoms with van der Waals surface area (Å²) in [4.78, 5) is 14.7. The quantitative estimate of drug-likeness (QED) is 0.870. The molecule has 112 valence electrons. The maximum absolute atomic E-state index is 12.7. The molecule has 1 aliphatic rings. The van der Waals surface area contributed by atoms with Gasteiger partial charge in [-0.1, -0.05) is 6.92 Å². The molecule has 0 aromatic carbocycles. The van der Waals surface area contributed by atoms with Crippen LogP contribution < -0.4 is 0 Å². The van der Waals surface area contributed by atoms with Crippen molar-refractivity contribution in [3.63, 3.8) is 0 Å². The molecule has 0 atom stereocenters. The Kier molecular flexibility index (Phi) is 4.10. The van der Waals surface area contributed by atoms with Crippen molar-refractivity contribution in [1.82, 2.24) is 14.7 Å². The Morgan fingerprint density at radius 1 is 1.43 bits per heavy atom. The molecule has 5 heteroatoms. The molecule has 0 bridgehead atoms. The van der Waals surface area contributed by atoms with Crippen molar-refractivity contribution in [1.29, 1.82) is 0 Å². The highest BCUT2D eigenvalue weighted by molar-refractivity contribution is 7.08. The zero-order valence-electron chi connectivity index (χ0n) is 12.6. The van der Waals surface area contributed by atoms with Gasteiger partial charge in [-0.15, -0.1) is 0 Å². The molecule has 1 saturated heterocycles. The van der Waals surface area contributed by atoms with Crippen LogP contribution in [0.4, 0.5) is 0 Å². The highest BCUT2D eigenvalue weighted by atomic mass is 32.1. The first kappa shape index (κ1) is 14.3. The molecule has 0 saturated carbocycles. The Morgan fingerprint density at radius 3 is 2.81 bits per heavy atom.